The number of aromatic nitrogens is 3. The van der Waals surface area contributed by atoms with Crippen molar-refractivity contribution in [3.05, 3.63) is 11.9 Å². The fourth-order valence-electron chi connectivity index (χ4n) is 2.38. The quantitative estimate of drug-likeness (QED) is 0.850. The number of hydrogen-bond acceptors (Lipinski definition) is 4. The Hall–Kier alpha value is -1.23. The van der Waals surface area contributed by atoms with Gasteiger partial charge in [0.05, 0.1) is 11.9 Å². The second kappa shape index (κ2) is 5.40. The lowest BCUT2D eigenvalue weighted by Gasteiger charge is -2.24. The van der Waals surface area contributed by atoms with E-state index in [0.29, 0.717) is 13.1 Å². The number of nitrogens with two attached hydrogens (primary N) is 1. The number of nitrogens with zero attached hydrogens (tertiary/aromatic N) is 3. The largest absolute Gasteiger partial charge is 0.325 e. The molecule has 0 aliphatic heterocycles. The maximum absolute atomic E-state index is 12.1. The molecule has 5 nitrogen and oxygen atoms in total. The monoisotopic (exact) mass is 236 g/mol. The van der Waals surface area contributed by atoms with Crippen molar-refractivity contribution in [2.45, 2.75) is 45.7 Å². The van der Waals surface area contributed by atoms with Gasteiger partial charge in [-0.2, -0.15) is 0 Å². The van der Waals surface area contributed by atoms with Crippen LogP contribution >= 0.6 is 0 Å². The Morgan fingerprint density at radius 3 is 2.76 bits per heavy atom. The van der Waals surface area contributed by atoms with Crippen molar-refractivity contribution in [3.63, 3.8) is 0 Å². The molecule has 0 atom stereocenters. The van der Waals surface area contributed by atoms with Crippen molar-refractivity contribution in [3.8, 4) is 0 Å². The number of carbonyl (C=O) groups excluding carboxylic acids is 1. The topological polar surface area (TPSA) is 73.8 Å². The Morgan fingerprint density at radius 1 is 1.47 bits per heavy atom. The summed E-state index contributed by atoms with van der Waals surface area (Å²) < 4.78 is 1.60. The van der Waals surface area contributed by atoms with Gasteiger partial charge in [0.2, 0.25) is 0 Å². The highest BCUT2D eigenvalue weighted by Gasteiger charge is 2.24. The number of carbonyl (C=O) groups is 1. The molecule has 0 aromatic carbocycles. The van der Waals surface area contributed by atoms with E-state index in [1.165, 1.54) is 12.8 Å². The molecule has 0 bridgehead atoms. The first-order valence-corrected chi connectivity index (χ1v) is 6.31. The van der Waals surface area contributed by atoms with E-state index in [9.17, 15) is 4.79 Å². The third-order valence-electron chi connectivity index (χ3n) is 3.58. The molecule has 0 radical (unpaired) electrons. The van der Waals surface area contributed by atoms with Crippen molar-refractivity contribution in [1.82, 2.24) is 15.0 Å². The molecule has 1 heterocycles. The summed E-state index contributed by atoms with van der Waals surface area (Å²) in [6, 6.07) is 0. The minimum Gasteiger partial charge on any atom is -0.325 e. The van der Waals surface area contributed by atoms with Gasteiger partial charge in [-0.25, -0.2) is 4.68 Å². The highest BCUT2D eigenvalue weighted by Crippen LogP contribution is 2.28. The summed E-state index contributed by atoms with van der Waals surface area (Å²) in [4.78, 5) is 12.1. The van der Waals surface area contributed by atoms with Crippen LogP contribution in [-0.4, -0.2) is 20.8 Å². The maximum atomic E-state index is 12.1. The van der Waals surface area contributed by atoms with Crippen molar-refractivity contribution in [2.75, 3.05) is 0 Å². The van der Waals surface area contributed by atoms with Gasteiger partial charge in [-0.3, -0.25) is 4.79 Å². The van der Waals surface area contributed by atoms with Crippen LogP contribution in [0.25, 0.3) is 0 Å². The highest BCUT2D eigenvalue weighted by molar-refractivity contribution is 5.80. The molecular formula is C12H20N4O. The Bertz CT molecular complexity index is 380. The second-order valence-corrected chi connectivity index (χ2v) is 5.03. The summed E-state index contributed by atoms with van der Waals surface area (Å²) in [6.07, 6.45) is 6.14. The lowest BCUT2D eigenvalue weighted by molar-refractivity contribution is -0.124. The van der Waals surface area contributed by atoms with Crippen molar-refractivity contribution in [2.24, 2.45) is 17.6 Å². The lowest BCUT2D eigenvalue weighted by atomic mass is 9.81. The standard InChI is InChI=1S/C12H20N4O/c1-9-2-4-10(5-3-9)12(17)8-16-7-11(6-13)14-15-16/h7,9-10H,2-6,8,13H2,1H3. The van der Waals surface area contributed by atoms with E-state index in [1.807, 2.05) is 0 Å². The molecule has 0 spiro atoms. The first kappa shape index (κ1) is 12.2. The third kappa shape index (κ3) is 3.12. The van der Waals surface area contributed by atoms with Gasteiger partial charge < -0.3 is 5.73 Å². The van der Waals surface area contributed by atoms with Gasteiger partial charge in [0.25, 0.3) is 0 Å². The average Bonchev–Trinajstić information content (AvgIpc) is 2.77. The molecule has 1 aromatic heterocycles. The molecule has 1 aliphatic rings. The third-order valence-corrected chi connectivity index (χ3v) is 3.58. The van der Waals surface area contributed by atoms with E-state index in [1.54, 1.807) is 10.9 Å². The van der Waals surface area contributed by atoms with Gasteiger partial charge in [-0.1, -0.05) is 25.0 Å². The van der Waals surface area contributed by atoms with Gasteiger partial charge >= 0.3 is 0 Å². The van der Waals surface area contributed by atoms with Crippen LogP contribution in [0.2, 0.25) is 0 Å². The Morgan fingerprint density at radius 2 is 2.18 bits per heavy atom. The van der Waals surface area contributed by atoms with Crippen molar-refractivity contribution in [1.29, 1.82) is 0 Å². The number of ketones is 1. The zero-order chi connectivity index (χ0) is 12.3. The van der Waals surface area contributed by atoms with Crippen LogP contribution in [0.3, 0.4) is 0 Å². The Labute approximate surface area is 101 Å². The molecule has 1 aliphatic carbocycles. The zero-order valence-electron chi connectivity index (χ0n) is 10.3. The van der Waals surface area contributed by atoms with E-state index in [-0.39, 0.29) is 11.7 Å². The minimum absolute atomic E-state index is 0.219. The number of Topliss-reactive ketones (excluding diaryl/α,β-unsaturated/α-hetero) is 1. The highest BCUT2D eigenvalue weighted by atomic mass is 16.1. The van der Waals surface area contributed by atoms with Crippen molar-refractivity contribution < 1.29 is 4.79 Å². The van der Waals surface area contributed by atoms with Gasteiger partial charge in [-0.15, -0.1) is 5.10 Å². The first-order chi connectivity index (χ1) is 8.19. The summed E-state index contributed by atoms with van der Waals surface area (Å²) in [5.41, 5.74) is 6.18. The van der Waals surface area contributed by atoms with E-state index in [4.69, 9.17) is 5.73 Å². The second-order valence-electron chi connectivity index (χ2n) is 5.03. The lowest BCUT2D eigenvalue weighted by Crippen LogP contribution is -2.24. The maximum Gasteiger partial charge on any atom is 0.157 e. The molecule has 17 heavy (non-hydrogen) atoms. The summed E-state index contributed by atoms with van der Waals surface area (Å²) in [7, 11) is 0. The van der Waals surface area contributed by atoms with Gasteiger partial charge in [0.1, 0.15) is 6.54 Å². The number of rotatable bonds is 4. The number of hydrogen-bond donors (Lipinski definition) is 1. The predicted octanol–water partition coefficient (Wildman–Crippen LogP) is 1.13. The van der Waals surface area contributed by atoms with Crippen LogP contribution in [0.4, 0.5) is 0 Å². The van der Waals surface area contributed by atoms with Gasteiger partial charge in [-0.05, 0) is 18.8 Å². The summed E-state index contributed by atoms with van der Waals surface area (Å²) >= 11 is 0. The molecule has 1 aromatic rings. The van der Waals surface area contributed by atoms with Crippen LogP contribution in [0.1, 0.15) is 38.3 Å². The summed E-state index contributed by atoms with van der Waals surface area (Å²) in [6.45, 7) is 2.97. The Kier molecular flexibility index (Phi) is 3.89. The average molecular weight is 236 g/mol. The molecule has 2 N–H and O–H groups in total. The van der Waals surface area contributed by atoms with Crippen molar-refractivity contribution >= 4 is 5.78 Å². The molecule has 94 valence electrons. The molecule has 0 saturated heterocycles. The summed E-state index contributed by atoms with van der Waals surface area (Å²) in [5, 5.41) is 7.78. The van der Waals surface area contributed by atoms with Crippen LogP contribution in [0, 0.1) is 11.8 Å². The zero-order valence-corrected chi connectivity index (χ0v) is 10.3. The smallest absolute Gasteiger partial charge is 0.157 e. The van der Waals surface area contributed by atoms with Gasteiger partial charge in [0.15, 0.2) is 5.78 Å². The first-order valence-electron chi connectivity index (χ1n) is 6.31. The normalized spacial score (nSPS) is 24.8. The Balaban J connectivity index is 1.88. The molecule has 1 saturated carbocycles. The molecular weight excluding hydrogens is 216 g/mol. The molecule has 2 rings (SSSR count). The van der Waals surface area contributed by atoms with E-state index in [0.717, 1.165) is 24.5 Å². The van der Waals surface area contributed by atoms with E-state index >= 15 is 0 Å². The van der Waals surface area contributed by atoms with Gasteiger partial charge in [0, 0.05) is 12.5 Å². The molecule has 1 fully saturated rings. The summed E-state index contributed by atoms with van der Waals surface area (Å²) in [5.74, 6) is 1.27. The van der Waals surface area contributed by atoms with Crippen LogP contribution in [0.15, 0.2) is 6.20 Å². The van der Waals surface area contributed by atoms with E-state index in [2.05, 4.69) is 17.2 Å². The fourth-order valence-corrected chi connectivity index (χ4v) is 2.38. The van der Waals surface area contributed by atoms with Crippen LogP contribution in [0.5, 0.6) is 0 Å². The molecule has 0 amide bonds. The van der Waals surface area contributed by atoms with Crippen LogP contribution in [-0.2, 0) is 17.9 Å². The minimum atomic E-state index is 0.219. The predicted molar refractivity (Wildman–Crippen MR) is 64.0 cm³/mol. The fraction of sp³-hybridized carbons (Fsp3) is 0.750. The molecule has 5 heteroatoms. The SMILES string of the molecule is CC1CCC(C(=O)Cn2cc(CN)nn2)CC1. The van der Waals surface area contributed by atoms with E-state index < -0.39 is 0 Å². The molecule has 0 unspecified atom stereocenters. The van der Waals surface area contributed by atoms with Crippen LogP contribution < -0.4 is 5.73 Å².